The van der Waals surface area contributed by atoms with Gasteiger partial charge in [0.05, 0.1) is 5.92 Å². The first kappa shape index (κ1) is 19.2. The average Bonchev–Trinajstić information content (AvgIpc) is 2.63. The SMILES string of the molecule is C=C(CCNC(=O)c1ncccc1F)C(C)C(=O)Nc1ccc(F)cc1. The van der Waals surface area contributed by atoms with E-state index in [4.69, 9.17) is 0 Å². The number of nitrogens with one attached hydrogen (secondary N) is 2. The summed E-state index contributed by atoms with van der Waals surface area (Å²) in [5, 5.41) is 5.21. The second kappa shape index (κ2) is 8.84. The molecule has 0 spiro atoms. The first-order valence-corrected chi connectivity index (χ1v) is 8.01. The van der Waals surface area contributed by atoms with Gasteiger partial charge in [0, 0.05) is 18.4 Å². The molecule has 2 aromatic rings. The van der Waals surface area contributed by atoms with Crippen LogP contribution in [0.2, 0.25) is 0 Å². The second-order valence-electron chi connectivity index (χ2n) is 5.72. The monoisotopic (exact) mass is 359 g/mol. The van der Waals surface area contributed by atoms with Crippen LogP contribution in [-0.4, -0.2) is 23.3 Å². The zero-order valence-corrected chi connectivity index (χ0v) is 14.3. The lowest BCUT2D eigenvalue weighted by atomic mass is 9.99. The van der Waals surface area contributed by atoms with Crippen LogP contribution in [0.4, 0.5) is 14.5 Å². The van der Waals surface area contributed by atoms with Gasteiger partial charge in [-0.25, -0.2) is 13.8 Å². The summed E-state index contributed by atoms with van der Waals surface area (Å²) in [5.74, 6) is -2.51. The van der Waals surface area contributed by atoms with Crippen molar-refractivity contribution in [2.45, 2.75) is 13.3 Å². The zero-order chi connectivity index (χ0) is 19.1. The molecule has 2 rings (SSSR count). The Hall–Kier alpha value is -3.09. The standard InChI is InChI=1S/C19H19F2N3O2/c1-12(9-11-23-19(26)17-16(21)4-3-10-22-17)13(2)18(25)24-15-7-5-14(20)6-8-15/h3-8,10,13H,1,9,11H2,2H3,(H,23,26)(H,24,25). The van der Waals surface area contributed by atoms with E-state index < -0.39 is 17.6 Å². The highest BCUT2D eigenvalue weighted by molar-refractivity contribution is 5.94. The summed E-state index contributed by atoms with van der Waals surface area (Å²) >= 11 is 0. The van der Waals surface area contributed by atoms with Crippen molar-refractivity contribution in [2.24, 2.45) is 5.92 Å². The highest BCUT2D eigenvalue weighted by Gasteiger charge is 2.17. The van der Waals surface area contributed by atoms with Crippen molar-refractivity contribution in [2.75, 3.05) is 11.9 Å². The van der Waals surface area contributed by atoms with Crippen LogP contribution < -0.4 is 10.6 Å². The first-order valence-electron chi connectivity index (χ1n) is 8.01. The molecule has 5 nitrogen and oxygen atoms in total. The fraction of sp³-hybridized carbons (Fsp3) is 0.211. The Kier molecular flexibility index (Phi) is 6.54. The van der Waals surface area contributed by atoms with Crippen LogP contribution in [0.1, 0.15) is 23.8 Å². The number of carbonyl (C=O) groups excluding carboxylic acids is 2. The van der Waals surface area contributed by atoms with Crippen molar-refractivity contribution in [3.8, 4) is 0 Å². The maximum absolute atomic E-state index is 13.5. The van der Waals surface area contributed by atoms with Gasteiger partial charge in [0.1, 0.15) is 5.82 Å². The molecule has 1 aromatic heterocycles. The minimum atomic E-state index is -0.698. The molecule has 1 atom stereocenters. The van der Waals surface area contributed by atoms with Crippen molar-refractivity contribution in [3.63, 3.8) is 0 Å². The van der Waals surface area contributed by atoms with Crippen LogP contribution in [0.15, 0.2) is 54.7 Å². The number of rotatable bonds is 7. The molecule has 1 aromatic carbocycles. The predicted molar refractivity (Wildman–Crippen MR) is 94.5 cm³/mol. The summed E-state index contributed by atoms with van der Waals surface area (Å²) in [6.45, 7) is 5.73. The fourth-order valence-corrected chi connectivity index (χ4v) is 2.16. The summed E-state index contributed by atoms with van der Waals surface area (Å²) in [4.78, 5) is 27.7. The Morgan fingerprint density at radius 2 is 1.88 bits per heavy atom. The van der Waals surface area contributed by atoms with E-state index in [1.54, 1.807) is 6.92 Å². The van der Waals surface area contributed by atoms with E-state index in [-0.39, 0.29) is 24.0 Å². The minimum absolute atomic E-state index is 0.196. The van der Waals surface area contributed by atoms with Crippen LogP contribution >= 0.6 is 0 Å². The van der Waals surface area contributed by atoms with Crippen molar-refractivity contribution in [1.82, 2.24) is 10.3 Å². The summed E-state index contributed by atoms with van der Waals surface area (Å²) in [7, 11) is 0. The third-order valence-corrected chi connectivity index (χ3v) is 3.82. The van der Waals surface area contributed by atoms with Crippen molar-refractivity contribution in [3.05, 3.63) is 72.1 Å². The van der Waals surface area contributed by atoms with E-state index in [1.807, 2.05) is 0 Å². The Morgan fingerprint density at radius 3 is 2.54 bits per heavy atom. The third-order valence-electron chi connectivity index (χ3n) is 3.82. The Balaban J connectivity index is 1.81. The van der Waals surface area contributed by atoms with Gasteiger partial charge in [-0.1, -0.05) is 12.2 Å². The van der Waals surface area contributed by atoms with E-state index in [1.165, 1.54) is 36.5 Å². The number of aromatic nitrogens is 1. The number of nitrogens with zero attached hydrogens (tertiary/aromatic N) is 1. The quantitative estimate of drug-likeness (QED) is 0.745. The van der Waals surface area contributed by atoms with Crippen molar-refractivity contribution >= 4 is 17.5 Å². The summed E-state index contributed by atoms with van der Waals surface area (Å²) in [6, 6.07) is 7.98. The highest BCUT2D eigenvalue weighted by Crippen LogP contribution is 2.16. The van der Waals surface area contributed by atoms with Gasteiger partial charge in [0.15, 0.2) is 11.5 Å². The smallest absolute Gasteiger partial charge is 0.272 e. The molecular weight excluding hydrogens is 340 g/mol. The molecule has 7 heteroatoms. The molecule has 0 aliphatic heterocycles. The normalized spacial score (nSPS) is 11.5. The summed E-state index contributed by atoms with van der Waals surface area (Å²) in [6.07, 6.45) is 1.68. The Bertz CT molecular complexity index is 807. The summed E-state index contributed by atoms with van der Waals surface area (Å²) < 4.78 is 26.3. The Labute approximate surface area is 150 Å². The van der Waals surface area contributed by atoms with Gasteiger partial charge < -0.3 is 10.6 Å². The fourth-order valence-electron chi connectivity index (χ4n) is 2.16. The predicted octanol–water partition coefficient (Wildman–Crippen LogP) is 3.31. The molecule has 0 fully saturated rings. The lowest BCUT2D eigenvalue weighted by Crippen LogP contribution is -2.28. The molecule has 0 saturated carbocycles. The molecule has 2 N–H and O–H groups in total. The third kappa shape index (κ3) is 5.20. The van der Waals surface area contributed by atoms with Gasteiger partial charge >= 0.3 is 0 Å². The molecule has 26 heavy (non-hydrogen) atoms. The van der Waals surface area contributed by atoms with Crippen molar-refractivity contribution in [1.29, 1.82) is 0 Å². The van der Waals surface area contributed by atoms with Gasteiger partial charge in [-0.2, -0.15) is 0 Å². The molecule has 0 radical (unpaired) electrons. The average molecular weight is 359 g/mol. The molecular formula is C19H19F2N3O2. The lowest BCUT2D eigenvalue weighted by molar-refractivity contribution is -0.118. The molecule has 0 aliphatic rings. The molecule has 136 valence electrons. The van der Waals surface area contributed by atoms with Crippen molar-refractivity contribution < 1.29 is 18.4 Å². The maximum atomic E-state index is 13.5. The number of amides is 2. The highest BCUT2D eigenvalue weighted by atomic mass is 19.1. The minimum Gasteiger partial charge on any atom is -0.350 e. The molecule has 1 heterocycles. The van der Waals surface area contributed by atoms with Gasteiger partial charge in [0.2, 0.25) is 5.91 Å². The Morgan fingerprint density at radius 1 is 1.19 bits per heavy atom. The van der Waals surface area contributed by atoms with Crippen LogP contribution in [-0.2, 0) is 4.79 Å². The van der Waals surface area contributed by atoms with Gasteiger partial charge in [-0.15, -0.1) is 0 Å². The second-order valence-corrected chi connectivity index (χ2v) is 5.72. The van der Waals surface area contributed by atoms with E-state index in [0.29, 0.717) is 17.7 Å². The molecule has 2 amide bonds. The van der Waals surface area contributed by atoms with Crippen LogP contribution in [0.3, 0.4) is 0 Å². The first-order chi connectivity index (χ1) is 12.4. The van der Waals surface area contributed by atoms with E-state index >= 15 is 0 Å². The van der Waals surface area contributed by atoms with E-state index in [2.05, 4.69) is 22.2 Å². The number of pyridine rings is 1. The number of hydrogen-bond donors (Lipinski definition) is 2. The molecule has 0 saturated heterocycles. The van der Waals surface area contributed by atoms with E-state index in [9.17, 15) is 18.4 Å². The van der Waals surface area contributed by atoms with Crippen LogP contribution in [0.5, 0.6) is 0 Å². The largest absolute Gasteiger partial charge is 0.350 e. The number of carbonyl (C=O) groups is 2. The van der Waals surface area contributed by atoms with Gasteiger partial charge in [-0.05, 0) is 49.7 Å². The molecule has 0 bridgehead atoms. The molecule has 0 aliphatic carbocycles. The topological polar surface area (TPSA) is 71.1 Å². The molecule has 1 unspecified atom stereocenters. The van der Waals surface area contributed by atoms with Crippen LogP contribution in [0, 0.1) is 17.6 Å². The number of benzene rings is 1. The summed E-state index contributed by atoms with van der Waals surface area (Å²) in [5.41, 5.74) is 0.807. The van der Waals surface area contributed by atoms with Gasteiger partial charge in [0.25, 0.3) is 5.91 Å². The maximum Gasteiger partial charge on any atom is 0.272 e. The number of anilines is 1. The lowest BCUT2D eigenvalue weighted by Gasteiger charge is -2.15. The number of hydrogen-bond acceptors (Lipinski definition) is 3. The zero-order valence-electron chi connectivity index (χ0n) is 14.3. The van der Waals surface area contributed by atoms with Crippen LogP contribution in [0.25, 0.3) is 0 Å². The number of halogens is 2. The van der Waals surface area contributed by atoms with E-state index in [0.717, 1.165) is 6.07 Å². The van der Waals surface area contributed by atoms with Gasteiger partial charge in [-0.3, -0.25) is 9.59 Å².